The number of nitrogens with two attached hydrogens (primary N) is 2. The summed E-state index contributed by atoms with van der Waals surface area (Å²) in [4.78, 5) is 4.02. The van der Waals surface area contributed by atoms with Crippen LogP contribution in [0.3, 0.4) is 0 Å². The monoisotopic (exact) mass is 266 g/mol. The van der Waals surface area contributed by atoms with Crippen LogP contribution in [0.4, 0.5) is 5.69 Å². The molecule has 0 radical (unpaired) electrons. The Hall–Kier alpha value is -3.00. The van der Waals surface area contributed by atoms with E-state index in [1.165, 1.54) is 6.07 Å². The lowest BCUT2D eigenvalue weighted by molar-refractivity contribution is 0.473. The summed E-state index contributed by atoms with van der Waals surface area (Å²) in [5.74, 6) is -0.0386. The van der Waals surface area contributed by atoms with Crippen LogP contribution in [-0.4, -0.2) is 10.1 Å². The second-order valence-corrected chi connectivity index (χ2v) is 4.35. The third-order valence-electron chi connectivity index (χ3n) is 3.08. The summed E-state index contributed by atoms with van der Waals surface area (Å²) in [6.07, 6.45) is 3.22. The van der Waals surface area contributed by atoms with Crippen molar-refractivity contribution in [1.82, 2.24) is 4.98 Å². The normalized spacial score (nSPS) is 11.6. The van der Waals surface area contributed by atoms with Crippen LogP contribution >= 0.6 is 0 Å². The molecule has 100 valence electrons. The third-order valence-corrected chi connectivity index (χ3v) is 3.08. The van der Waals surface area contributed by atoms with E-state index in [1.54, 1.807) is 37.5 Å². The van der Waals surface area contributed by atoms with E-state index >= 15 is 0 Å². The second-order valence-electron chi connectivity index (χ2n) is 4.35. The van der Waals surface area contributed by atoms with Gasteiger partial charge < -0.3 is 16.6 Å². The van der Waals surface area contributed by atoms with E-state index in [0.717, 1.165) is 5.57 Å². The van der Waals surface area contributed by atoms with Gasteiger partial charge in [0.15, 0.2) is 0 Å². The Morgan fingerprint density at radius 3 is 2.65 bits per heavy atom. The van der Waals surface area contributed by atoms with Crippen molar-refractivity contribution in [3.8, 4) is 11.8 Å². The molecular formula is C15H14N4O. The van der Waals surface area contributed by atoms with Gasteiger partial charge in [-0.25, -0.2) is 0 Å². The smallest absolute Gasteiger partial charge is 0.126 e. The summed E-state index contributed by atoms with van der Waals surface area (Å²) in [6.45, 7) is 1.81. The van der Waals surface area contributed by atoms with Crippen LogP contribution in [-0.2, 0) is 0 Å². The largest absolute Gasteiger partial charge is 0.507 e. The van der Waals surface area contributed by atoms with Crippen LogP contribution in [0.2, 0.25) is 0 Å². The van der Waals surface area contributed by atoms with Crippen LogP contribution in [0, 0.1) is 11.3 Å². The van der Waals surface area contributed by atoms with Gasteiger partial charge in [-0.3, -0.25) is 4.98 Å². The molecule has 0 aliphatic carbocycles. The lowest BCUT2D eigenvalue weighted by Crippen LogP contribution is -2.02. The quantitative estimate of drug-likeness (QED) is 0.771. The van der Waals surface area contributed by atoms with E-state index in [9.17, 15) is 5.11 Å². The van der Waals surface area contributed by atoms with E-state index in [4.69, 9.17) is 16.7 Å². The molecule has 0 bridgehead atoms. The van der Waals surface area contributed by atoms with Gasteiger partial charge in [0.25, 0.3) is 0 Å². The Morgan fingerprint density at radius 2 is 2.05 bits per heavy atom. The molecule has 20 heavy (non-hydrogen) atoms. The average molecular weight is 266 g/mol. The highest BCUT2D eigenvalue weighted by Gasteiger charge is 2.11. The van der Waals surface area contributed by atoms with Gasteiger partial charge in [0.2, 0.25) is 0 Å². The molecule has 0 saturated heterocycles. The fourth-order valence-corrected chi connectivity index (χ4v) is 1.89. The molecule has 0 spiro atoms. The first-order chi connectivity index (χ1) is 9.54. The maximum atomic E-state index is 9.95. The van der Waals surface area contributed by atoms with Gasteiger partial charge in [0.05, 0.1) is 11.6 Å². The molecule has 0 aliphatic rings. The molecular weight excluding hydrogens is 252 g/mol. The van der Waals surface area contributed by atoms with Crippen molar-refractivity contribution in [2.24, 2.45) is 5.73 Å². The molecule has 0 unspecified atom stereocenters. The van der Waals surface area contributed by atoms with Gasteiger partial charge >= 0.3 is 0 Å². The molecule has 0 saturated carbocycles. The Kier molecular flexibility index (Phi) is 3.58. The fraction of sp³-hybridized carbons (Fsp3) is 0.0667. The van der Waals surface area contributed by atoms with Gasteiger partial charge in [-0.1, -0.05) is 0 Å². The fourth-order valence-electron chi connectivity index (χ4n) is 1.89. The maximum absolute atomic E-state index is 9.95. The van der Waals surface area contributed by atoms with Crippen LogP contribution in [0.5, 0.6) is 5.75 Å². The predicted molar refractivity (Wildman–Crippen MR) is 78.1 cm³/mol. The second kappa shape index (κ2) is 5.33. The number of aromatic hydroxyl groups is 1. The summed E-state index contributed by atoms with van der Waals surface area (Å²) >= 11 is 0. The lowest BCUT2D eigenvalue weighted by Gasteiger charge is -2.11. The minimum atomic E-state index is -0.0386. The minimum absolute atomic E-state index is 0.0386. The van der Waals surface area contributed by atoms with E-state index < -0.39 is 0 Å². The van der Waals surface area contributed by atoms with Gasteiger partial charge in [0, 0.05) is 34.9 Å². The number of rotatable bonds is 2. The first-order valence-corrected chi connectivity index (χ1v) is 5.94. The zero-order valence-corrected chi connectivity index (χ0v) is 11.0. The van der Waals surface area contributed by atoms with Crippen molar-refractivity contribution in [3.05, 3.63) is 53.3 Å². The summed E-state index contributed by atoms with van der Waals surface area (Å²) in [7, 11) is 0. The van der Waals surface area contributed by atoms with Crippen molar-refractivity contribution < 1.29 is 5.11 Å². The van der Waals surface area contributed by atoms with Gasteiger partial charge in [0.1, 0.15) is 5.75 Å². The summed E-state index contributed by atoms with van der Waals surface area (Å²) in [5.41, 5.74) is 15.2. The van der Waals surface area contributed by atoms with Crippen molar-refractivity contribution >= 4 is 17.0 Å². The highest BCUT2D eigenvalue weighted by molar-refractivity contribution is 5.92. The number of benzene rings is 1. The average Bonchev–Trinajstić information content (AvgIpc) is 2.46. The number of phenolic OH excluding ortho intramolecular Hbond substituents is 1. The molecule has 1 aromatic heterocycles. The number of nitrogens with zero attached hydrogens (tertiary/aromatic N) is 2. The summed E-state index contributed by atoms with van der Waals surface area (Å²) in [6, 6.07) is 8.23. The first-order valence-electron chi connectivity index (χ1n) is 5.94. The summed E-state index contributed by atoms with van der Waals surface area (Å²) < 4.78 is 0. The number of phenols is 1. The van der Waals surface area contributed by atoms with E-state index in [1.807, 2.05) is 6.07 Å². The molecule has 0 fully saturated rings. The number of nitriles is 1. The number of nitrogen functional groups attached to an aromatic ring is 1. The molecule has 5 N–H and O–H groups in total. The number of hydrogen-bond donors (Lipinski definition) is 3. The van der Waals surface area contributed by atoms with Crippen LogP contribution in [0.15, 0.2) is 36.7 Å². The highest BCUT2D eigenvalue weighted by atomic mass is 16.3. The number of hydrogen-bond acceptors (Lipinski definition) is 5. The van der Waals surface area contributed by atoms with E-state index in [0.29, 0.717) is 28.1 Å². The molecule has 0 amide bonds. The Morgan fingerprint density at radius 1 is 1.30 bits per heavy atom. The van der Waals surface area contributed by atoms with Crippen molar-refractivity contribution in [2.45, 2.75) is 6.92 Å². The van der Waals surface area contributed by atoms with Crippen molar-refractivity contribution in [3.63, 3.8) is 0 Å². The standard InChI is InChI=1S/C15H14N4O/c1-9(12-8-19-5-4-13(12)17)15(18)11-3-2-10(7-16)6-14(11)20/h2-6,8,20H,18H2,1H3,(H2,17,19)/b15-9-. The Labute approximate surface area is 116 Å². The summed E-state index contributed by atoms with van der Waals surface area (Å²) in [5, 5.41) is 18.7. The van der Waals surface area contributed by atoms with Crippen molar-refractivity contribution in [2.75, 3.05) is 5.73 Å². The highest BCUT2D eigenvalue weighted by Crippen LogP contribution is 2.30. The van der Waals surface area contributed by atoms with Crippen LogP contribution in [0.25, 0.3) is 11.3 Å². The first kappa shape index (κ1) is 13.4. The third kappa shape index (κ3) is 2.40. The zero-order valence-electron chi connectivity index (χ0n) is 11.0. The number of pyridine rings is 1. The molecule has 5 nitrogen and oxygen atoms in total. The van der Waals surface area contributed by atoms with Gasteiger partial charge in [-0.05, 0) is 36.8 Å². The molecule has 0 aliphatic heterocycles. The number of allylic oxidation sites excluding steroid dienone is 1. The SMILES string of the molecule is C/C(=C(/N)c1ccc(C#N)cc1O)c1cnccc1N. The van der Waals surface area contributed by atoms with Crippen LogP contribution < -0.4 is 11.5 Å². The number of aromatic nitrogens is 1. The topological polar surface area (TPSA) is 109 Å². The molecule has 2 rings (SSSR count). The Bertz CT molecular complexity index is 729. The molecule has 0 atom stereocenters. The molecule has 5 heteroatoms. The number of anilines is 1. The lowest BCUT2D eigenvalue weighted by atomic mass is 10.00. The van der Waals surface area contributed by atoms with Gasteiger partial charge in [-0.2, -0.15) is 5.26 Å². The van der Waals surface area contributed by atoms with Crippen LogP contribution in [0.1, 0.15) is 23.6 Å². The minimum Gasteiger partial charge on any atom is -0.507 e. The van der Waals surface area contributed by atoms with Crippen molar-refractivity contribution in [1.29, 1.82) is 5.26 Å². The predicted octanol–water partition coefficient (Wildman–Crippen LogP) is 2.09. The van der Waals surface area contributed by atoms with Gasteiger partial charge in [-0.15, -0.1) is 0 Å². The maximum Gasteiger partial charge on any atom is 0.126 e. The molecule has 2 aromatic rings. The van der Waals surface area contributed by atoms with E-state index in [-0.39, 0.29) is 5.75 Å². The zero-order chi connectivity index (χ0) is 14.7. The Balaban J connectivity index is 2.55. The molecule has 1 aromatic carbocycles. The van der Waals surface area contributed by atoms with E-state index in [2.05, 4.69) is 4.98 Å². The molecule has 1 heterocycles.